The molecule has 0 bridgehead atoms. The quantitative estimate of drug-likeness (QED) is 0.732. The van der Waals surface area contributed by atoms with E-state index in [1.165, 1.54) is 6.42 Å². The molecule has 1 rings (SSSR count). The van der Waals surface area contributed by atoms with E-state index < -0.39 is 5.60 Å². The maximum absolute atomic E-state index is 12.3. The highest BCUT2D eigenvalue weighted by atomic mass is 16.5. The first-order valence-electron chi connectivity index (χ1n) is 6.44. The zero-order chi connectivity index (χ0) is 12.4. The number of rotatable bonds is 4. The van der Waals surface area contributed by atoms with Crippen LogP contribution in [0.3, 0.4) is 0 Å². The molecule has 2 heteroatoms. The van der Waals surface area contributed by atoms with Gasteiger partial charge in [-0.05, 0) is 37.0 Å². The SMILES string of the molecule is CCCC(=O)C1(OC)CC(C)CC(C)(C)C1. The molecule has 0 saturated heterocycles. The lowest BCUT2D eigenvalue weighted by Gasteiger charge is -2.45. The van der Waals surface area contributed by atoms with Gasteiger partial charge in [0.15, 0.2) is 5.78 Å². The van der Waals surface area contributed by atoms with Crippen molar-refractivity contribution in [2.45, 2.75) is 65.4 Å². The lowest BCUT2D eigenvalue weighted by molar-refractivity contribution is -0.153. The molecule has 0 aromatic heterocycles. The van der Waals surface area contributed by atoms with Gasteiger partial charge in [0, 0.05) is 13.5 Å². The molecule has 1 fully saturated rings. The molecular weight excluding hydrogens is 200 g/mol. The van der Waals surface area contributed by atoms with Gasteiger partial charge in [-0.15, -0.1) is 0 Å². The number of methoxy groups -OCH3 is 1. The Hall–Kier alpha value is -0.370. The summed E-state index contributed by atoms with van der Waals surface area (Å²) in [6.45, 7) is 8.78. The van der Waals surface area contributed by atoms with Crippen molar-refractivity contribution < 1.29 is 9.53 Å². The van der Waals surface area contributed by atoms with E-state index in [0.717, 1.165) is 19.3 Å². The predicted octanol–water partition coefficient (Wildman–Crippen LogP) is 3.59. The molecular formula is C14H26O2. The topological polar surface area (TPSA) is 26.3 Å². The zero-order valence-electron chi connectivity index (χ0n) is 11.4. The van der Waals surface area contributed by atoms with Crippen LogP contribution in [0.25, 0.3) is 0 Å². The van der Waals surface area contributed by atoms with Gasteiger partial charge in [0.05, 0.1) is 0 Å². The lowest BCUT2D eigenvalue weighted by Crippen LogP contribution is -2.49. The van der Waals surface area contributed by atoms with E-state index in [2.05, 4.69) is 27.7 Å². The van der Waals surface area contributed by atoms with Crippen molar-refractivity contribution in [3.05, 3.63) is 0 Å². The molecule has 0 spiro atoms. The van der Waals surface area contributed by atoms with Gasteiger partial charge in [-0.3, -0.25) is 4.79 Å². The minimum absolute atomic E-state index is 0.219. The van der Waals surface area contributed by atoms with Crippen LogP contribution in [0.2, 0.25) is 0 Å². The predicted molar refractivity (Wildman–Crippen MR) is 66.5 cm³/mol. The molecule has 0 aromatic carbocycles. The van der Waals surface area contributed by atoms with E-state index in [-0.39, 0.29) is 5.41 Å². The summed E-state index contributed by atoms with van der Waals surface area (Å²) < 4.78 is 5.65. The Balaban J connectivity index is 2.89. The van der Waals surface area contributed by atoms with Crippen molar-refractivity contribution in [1.82, 2.24) is 0 Å². The fourth-order valence-corrected chi connectivity index (χ4v) is 3.43. The normalized spacial score (nSPS) is 33.7. The summed E-state index contributed by atoms with van der Waals surface area (Å²) in [7, 11) is 1.70. The molecule has 0 radical (unpaired) electrons. The average Bonchev–Trinajstić information content (AvgIpc) is 2.14. The molecule has 0 aliphatic heterocycles. The minimum atomic E-state index is -0.503. The van der Waals surface area contributed by atoms with Crippen LogP contribution < -0.4 is 0 Å². The highest BCUT2D eigenvalue weighted by molar-refractivity contribution is 5.87. The van der Waals surface area contributed by atoms with Gasteiger partial charge in [0.25, 0.3) is 0 Å². The first kappa shape index (κ1) is 13.7. The summed E-state index contributed by atoms with van der Waals surface area (Å²) in [5.41, 5.74) is -0.283. The second kappa shape index (κ2) is 4.87. The maximum atomic E-state index is 12.3. The molecule has 0 amide bonds. The molecule has 0 heterocycles. The van der Waals surface area contributed by atoms with Crippen LogP contribution in [0.15, 0.2) is 0 Å². The third-order valence-electron chi connectivity index (χ3n) is 3.72. The van der Waals surface area contributed by atoms with Crippen LogP contribution in [0, 0.1) is 11.3 Å². The van der Waals surface area contributed by atoms with Crippen LogP contribution in [-0.2, 0) is 9.53 Å². The average molecular weight is 226 g/mol. The molecule has 1 aliphatic rings. The van der Waals surface area contributed by atoms with E-state index in [1.54, 1.807) is 7.11 Å². The highest BCUT2D eigenvalue weighted by Gasteiger charge is 2.47. The van der Waals surface area contributed by atoms with Crippen molar-refractivity contribution in [3.63, 3.8) is 0 Å². The molecule has 0 N–H and O–H groups in total. The molecule has 16 heavy (non-hydrogen) atoms. The summed E-state index contributed by atoms with van der Waals surface area (Å²) in [6.07, 6.45) is 4.53. The van der Waals surface area contributed by atoms with E-state index in [0.29, 0.717) is 18.1 Å². The monoisotopic (exact) mass is 226 g/mol. The van der Waals surface area contributed by atoms with Crippen molar-refractivity contribution in [1.29, 1.82) is 0 Å². The lowest BCUT2D eigenvalue weighted by atomic mass is 9.64. The van der Waals surface area contributed by atoms with Gasteiger partial charge in [-0.1, -0.05) is 27.7 Å². The Morgan fingerprint density at radius 3 is 2.44 bits per heavy atom. The number of carbonyl (C=O) groups excluding carboxylic acids is 1. The van der Waals surface area contributed by atoms with Crippen molar-refractivity contribution in [2.24, 2.45) is 11.3 Å². The molecule has 1 saturated carbocycles. The van der Waals surface area contributed by atoms with Crippen molar-refractivity contribution >= 4 is 5.78 Å². The molecule has 2 nitrogen and oxygen atoms in total. The molecule has 0 aromatic rings. The fraction of sp³-hybridized carbons (Fsp3) is 0.929. The van der Waals surface area contributed by atoms with E-state index >= 15 is 0 Å². The molecule has 2 unspecified atom stereocenters. The summed E-state index contributed by atoms with van der Waals surface area (Å²) in [5.74, 6) is 0.877. The van der Waals surface area contributed by atoms with E-state index in [1.807, 2.05) is 0 Å². The second-order valence-corrected chi connectivity index (χ2v) is 6.23. The van der Waals surface area contributed by atoms with E-state index in [4.69, 9.17) is 4.74 Å². The zero-order valence-corrected chi connectivity index (χ0v) is 11.4. The Kier molecular flexibility index (Phi) is 4.17. The van der Waals surface area contributed by atoms with Gasteiger partial charge < -0.3 is 4.74 Å². The van der Waals surface area contributed by atoms with Crippen LogP contribution in [0.4, 0.5) is 0 Å². The summed E-state index contributed by atoms with van der Waals surface area (Å²) >= 11 is 0. The van der Waals surface area contributed by atoms with Gasteiger partial charge >= 0.3 is 0 Å². The summed E-state index contributed by atoms with van der Waals surface area (Å²) in [5, 5.41) is 0. The van der Waals surface area contributed by atoms with Crippen molar-refractivity contribution in [3.8, 4) is 0 Å². The van der Waals surface area contributed by atoms with Crippen LogP contribution >= 0.6 is 0 Å². The number of ketones is 1. The second-order valence-electron chi connectivity index (χ2n) is 6.23. The standard InChI is InChI=1S/C14H26O2/c1-6-7-12(15)14(16-5)9-11(2)8-13(3,4)10-14/h11H,6-10H2,1-5H3. The highest BCUT2D eigenvalue weighted by Crippen LogP contribution is 2.46. The Morgan fingerprint density at radius 2 is 2.00 bits per heavy atom. The number of carbonyl (C=O) groups is 1. The molecule has 94 valence electrons. The number of hydrogen-bond donors (Lipinski definition) is 0. The largest absolute Gasteiger partial charge is 0.370 e. The Labute approximate surface area is 99.8 Å². The first-order valence-corrected chi connectivity index (χ1v) is 6.44. The third kappa shape index (κ3) is 2.85. The van der Waals surface area contributed by atoms with Crippen LogP contribution in [-0.4, -0.2) is 18.5 Å². The van der Waals surface area contributed by atoms with Crippen LogP contribution in [0.5, 0.6) is 0 Å². The first-order chi connectivity index (χ1) is 7.35. The summed E-state index contributed by atoms with van der Waals surface area (Å²) in [4.78, 5) is 12.3. The smallest absolute Gasteiger partial charge is 0.164 e. The van der Waals surface area contributed by atoms with Gasteiger partial charge in [0.2, 0.25) is 0 Å². The summed E-state index contributed by atoms with van der Waals surface area (Å²) in [6, 6.07) is 0. The Morgan fingerprint density at radius 1 is 1.38 bits per heavy atom. The fourth-order valence-electron chi connectivity index (χ4n) is 3.43. The van der Waals surface area contributed by atoms with E-state index in [9.17, 15) is 4.79 Å². The maximum Gasteiger partial charge on any atom is 0.164 e. The molecule has 2 atom stereocenters. The number of ether oxygens (including phenoxy) is 1. The third-order valence-corrected chi connectivity index (χ3v) is 3.72. The number of hydrogen-bond acceptors (Lipinski definition) is 2. The Bertz CT molecular complexity index is 257. The van der Waals surface area contributed by atoms with Gasteiger partial charge in [0.1, 0.15) is 5.60 Å². The minimum Gasteiger partial charge on any atom is -0.370 e. The van der Waals surface area contributed by atoms with Crippen molar-refractivity contribution in [2.75, 3.05) is 7.11 Å². The van der Waals surface area contributed by atoms with Crippen LogP contribution in [0.1, 0.15) is 59.8 Å². The number of Topliss-reactive ketones (excluding diaryl/α,β-unsaturated/α-hetero) is 1. The molecule has 1 aliphatic carbocycles. The van der Waals surface area contributed by atoms with Gasteiger partial charge in [-0.25, -0.2) is 0 Å². The van der Waals surface area contributed by atoms with Gasteiger partial charge in [-0.2, -0.15) is 0 Å².